The Kier molecular flexibility index (Phi) is 4.25. The van der Waals surface area contributed by atoms with Gasteiger partial charge in [-0.05, 0) is 59.6 Å². The molecule has 0 fully saturated rings. The molecule has 1 atom stereocenters. The number of aryl methyl sites for hydroxylation is 2. The molecule has 1 heterocycles. The van der Waals surface area contributed by atoms with E-state index < -0.39 is 0 Å². The lowest BCUT2D eigenvalue weighted by atomic mass is 9.97. The van der Waals surface area contributed by atoms with Crippen molar-refractivity contribution in [1.82, 2.24) is 5.32 Å². The van der Waals surface area contributed by atoms with E-state index in [0.717, 1.165) is 17.0 Å². The highest BCUT2D eigenvalue weighted by Crippen LogP contribution is 2.28. The molecule has 18 heavy (non-hydrogen) atoms. The molecule has 0 radical (unpaired) electrons. The average Bonchev–Trinajstić information content (AvgIpc) is 2.76. The van der Waals surface area contributed by atoms with Crippen molar-refractivity contribution in [2.45, 2.75) is 26.8 Å². The van der Waals surface area contributed by atoms with Crippen LogP contribution in [0.4, 0.5) is 0 Å². The zero-order valence-electron chi connectivity index (χ0n) is 11.0. The first kappa shape index (κ1) is 13.4. The molecule has 1 aromatic heterocycles. The van der Waals surface area contributed by atoms with Gasteiger partial charge in [0.2, 0.25) is 0 Å². The Labute approximate surface area is 117 Å². The molecular weight excluding hydrogens is 290 g/mol. The lowest BCUT2D eigenvalue weighted by Gasteiger charge is -2.19. The molecule has 0 aliphatic rings. The van der Waals surface area contributed by atoms with Crippen molar-refractivity contribution in [2.75, 3.05) is 6.54 Å². The van der Waals surface area contributed by atoms with Gasteiger partial charge in [0, 0.05) is 0 Å². The molecule has 0 saturated heterocycles. The van der Waals surface area contributed by atoms with E-state index >= 15 is 0 Å². The Morgan fingerprint density at radius 2 is 2.00 bits per heavy atom. The van der Waals surface area contributed by atoms with Crippen molar-refractivity contribution in [2.24, 2.45) is 0 Å². The van der Waals surface area contributed by atoms with E-state index in [2.05, 4.69) is 60.2 Å². The third-order valence-corrected chi connectivity index (χ3v) is 3.46. The summed E-state index contributed by atoms with van der Waals surface area (Å²) in [6.45, 7) is 7.26. The summed E-state index contributed by atoms with van der Waals surface area (Å²) in [5, 5.41) is 3.48. The minimum atomic E-state index is 0.112. The van der Waals surface area contributed by atoms with Crippen LogP contribution < -0.4 is 5.32 Å². The van der Waals surface area contributed by atoms with Crippen LogP contribution in [0.1, 0.15) is 35.4 Å². The fraction of sp³-hybridized carbons (Fsp3) is 0.333. The fourth-order valence-corrected chi connectivity index (χ4v) is 2.44. The second-order valence-electron chi connectivity index (χ2n) is 4.49. The van der Waals surface area contributed by atoms with Crippen molar-refractivity contribution < 1.29 is 4.42 Å². The largest absolute Gasteiger partial charge is 0.452 e. The maximum atomic E-state index is 5.70. The van der Waals surface area contributed by atoms with Crippen molar-refractivity contribution >= 4 is 15.9 Å². The first-order chi connectivity index (χ1) is 8.61. The summed E-state index contributed by atoms with van der Waals surface area (Å²) in [6, 6.07) is 10.6. The van der Waals surface area contributed by atoms with Crippen LogP contribution in [0, 0.1) is 13.8 Å². The zero-order valence-corrected chi connectivity index (χ0v) is 12.5. The molecule has 96 valence electrons. The third kappa shape index (κ3) is 2.85. The molecule has 2 aromatic rings. The van der Waals surface area contributed by atoms with Gasteiger partial charge in [0.25, 0.3) is 0 Å². The molecule has 0 spiro atoms. The Bertz CT molecular complexity index is 533. The summed E-state index contributed by atoms with van der Waals surface area (Å²) in [4.78, 5) is 0. The van der Waals surface area contributed by atoms with Gasteiger partial charge in [-0.3, -0.25) is 0 Å². The fourth-order valence-electron chi connectivity index (χ4n) is 2.12. The number of halogens is 1. The predicted molar refractivity (Wildman–Crippen MR) is 77.8 cm³/mol. The van der Waals surface area contributed by atoms with Gasteiger partial charge >= 0.3 is 0 Å². The number of rotatable bonds is 4. The van der Waals surface area contributed by atoms with Crippen molar-refractivity contribution in [3.63, 3.8) is 0 Å². The molecule has 2 rings (SSSR count). The standard InChI is InChI=1S/C15H18BrNO/c1-4-17-15(13-7-8-14(16)18-13)12-9-10(2)5-6-11(12)3/h5-9,15,17H,4H2,1-3H3. The molecule has 0 amide bonds. The Hall–Kier alpha value is -1.06. The summed E-state index contributed by atoms with van der Waals surface area (Å²) in [5.74, 6) is 0.942. The summed E-state index contributed by atoms with van der Waals surface area (Å²) in [6.07, 6.45) is 0. The summed E-state index contributed by atoms with van der Waals surface area (Å²) in [7, 11) is 0. The lowest BCUT2D eigenvalue weighted by molar-refractivity contribution is 0.437. The number of furan rings is 1. The quantitative estimate of drug-likeness (QED) is 0.908. The molecule has 3 heteroatoms. The van der Waals surface area contributed by atoms with E-state index in [4.69, 9.17) is 4.42 Å². The maximum absolute atomic E-state index is 5.70. The van der Waals surface area contributed by atoms with Crippen LogP contribution in [-0.4, -0.2) is 6.54 Å². The summed E-state index contributed by atoms with van der Waals surface area (Å²) >= 11 is 3.36. The van der Waals surface area contributed by atoms with Gasteiger partial charge < -0.3 is 9.73 Å². The number of nitrogens with one attached hydrogen (secondary N) is 1. The van der Waals surface area contributed by atoms with Gasteiger partial charge in [-0.1, -0.05) is 30.7 Å². The highest BCUT2D eigenvalue weighted by atomic mass is 79.9. The van der Waals surface area contributed by atoms with E-state index in [1.54, 1.807) is 0 Å². The van der Waals surface area contributed by atoms with Crippen LogP contribution in [0.3, 0.4) is 0 Å². The highest BCUT2D eigenvalue weighted by Gasteiger charge is 2.18. The smallest absolute Gasteiger partial charge is 0.169 e. The van der Waals surface area contributed by atoms with Crippen molar-refractivity contribution in [1.29, 1.82) is 0 Å². The topological polar surface area (TPSA) is 25.2 Å². The minimum absolute atomic E-state index is 0.112. The first-order valence-corrected chi connectivity index (χ1v) is 6.97. The maximum Gasteiger partial charge on any atom is 0.169 e. The van der Waals surface area contributed by atoms with Crippen LogP contribution in [0.5, 0.6) is 0 Å². The second-order valence-corrected chi connectivity index (χ2v) is 5.27. The SMILES string of the molecule is CCNC(c1ccc(Br)o1)c1cc(C)ccc1C. The highest BCUT2D eigenvalue weighted by molar-refractivity contribution is 9.10. The van der Waals surface area contributed by atoms with Crippen LogP contribution in [0.15, 0.2) is 39.4 Å². The number of benzene rings is 1. The molecule has 0 saturated carbocycles. The number of hydrogen-bond acceptors (Lipinski definition) is 2. The Balaban J connectivity index is 2.44. The second kappa shape index (κ2) is 5.72. The van der Waals surface area contributed by atoms with Crippen LogP contribution in [0.25, 0.3) is 0 Å². The van der Waals surface area contributed by atoms with E-state index in [1.807, 2.05) is 12.1 Å². The monoisotopic (exact) mass is 307 g/mol. The molecule has 1 unspecified atom stereocenters. The van der Waals surface area contributed by atoms with Gasteiger partial charge in [-0.25, -0.2) is 0 Å². The summed E-state index contributed by atoms with van der Waals surface area (Å²) < 4.78 is 6.47. The molecule has 0 bridgehead atoms. The van der Waals surface area contributed by atoms with E-state index in [-0.39, 0.29) is 6.04 Å². The van der Waals surface area contributed by atoms with Gasteiger partial charge in [0.15, 0.2) is 4.67 Å². The van der Waals surface area contributed by atoms with E-state index in [0.29, 0.717) is 0 Å². The van der Waals surface area contributed by atoms with Crippen molar-refractivity contribution in [3.8, 4) is 0 Å². The van der Waals surface area contributed by atoms with Crippen LogP contribution in [-0.2, 0) is 0 Å². The molecule has 0 aliphatic carbocycles. The third-order valence-electron chi connectivity index (χ3n) is 3.03. The molecule has 1 N–H and O–H groups in total. The zero-order chi connectivity index (χ0) is 13.1. The number of hydrogen-bond donors (Lipinski definition) is 1. The first-order valence-electron chi connectivity index (χ1n) is 6.17. The minimum Gasteiger partial charge on any atom is -0.452 e. The van der Waals surface area contributed by atoms with Crippen molar-refractivity contribution in [3.05, 3.63) is 57.5 Å². The van der Waals surface area contributed by atoms with E-state index in [1.165, 1.54) is 16.7 Å². The summed E-state index contributed by atoms with van der Waals surface area (Å²) in [5.41, 5.74) is 3.82. The van der Waals surface area contributed by atoms with E-state index in [9.17, 15) is 0 Å². The Morgan fingerprint density at radius 1 is 1.22 bits per heavy atom. The normalized spacial score (nSPS) is 12.7. The van der Waals surface area contributed by atoms with Gasteiger partial charge in [-0.2, -0.15) is 0 Å². The molecule has 0 aliphatic heterocycles. The van der Waals surface area contributed by atoms with Gasteiger partial charge in [0.1, 0.15) is 5.76 Å². The van der Waals surface area contributed by atoms with Crippen LogP contribution >= 0.6 is 15.9 Å². The molecule has 2 nitrogen and oxygen atoms in total. The molecule has 1 aromatic carbocycles. The molecular formula is C15H18BrNO. The van der Waals surface area contributed by atoms with Crippen LogP contribution in [0.2, 0.25) is 0 Å². The predicted octanol–water partition coefficient (Wildman–Crippen LogP) is 4.36. The average molecular weight is 308 g/mol. The lowest BCUT2D eigenvalue weighted by Crippen LogP contribution is -2.22. The Morgan fingerprint density at radius 3 is 2.61 bits per heavy atom. The van der Waals surface area contributed by atoms with Gasteiger partial charge in [0.05, 0.1) is 6.04 Å². The van der Waals surface area contributed by atoms with Gasteiger partial charge in [-0.15, -0.1) is 0 Å².